The molecule has 0 aromatic heterocycles. The number of nitrogens with one attached hydrogen (secondary N) is 1. The number of amides is 1. The van der Waals surface area contributed by atoms with Crippen LogP contribution in [0, 0.1) is 5.82 Å². The molecule has 1 N–H and O–H groups in total. The fourth-order valence-corrected chi connectivity index (χ4v) is 3.15. The fraction of sp³-hybridized carbons (Fsp3) is 0.278. The van der Waals surface area contributed by atoms with Gasteiger partial charge in [-0.15, -0.1) is 0 Å². The Morgan fingerprint density at radius 3 is 2.52 bits per heavy atom. The zero-order valence-corrected chi connectivity index (χ0v) is 16.3. The summed E-state index contributed by atoms with van der Waals surface area (Å²) < 4.78 is 44.0. The number of ether oxygens (including phenoxy) is 1. The lowest BCUT2D eigenvalue weighted by Gasteiger charge is -2.20. The second-order valence-electron chi connectivity index (χ2n) is 5.75. The number of hydrogen-bond acceptors (Lipinski definition) is 4. The first kappa shape index (κ1) is 21.1. The molecule has 0 bridgehead atoms. The molecule has 2 aromatic rings. The van der Waals surface area contributed by atoms with E-state index < -0.39 is 28.3 Å². The third-order valence-electron chi connectivity index (χ3n) is 3.61. The maximum absolute atomic E-state index is 13.8. The zero-order valence-electron chi connectivity index (χ0n) is 14.7. The number of para-hydroxylation sites is 1. The van der Waals surface area contributed by atoms with Gasteiger partial charge < -0.3 is 10.1 Å². The number of sulfonamides is 1. The van der Waals surface area contributed by atoms with Crippen LogP contribution in [0.5, 0.6) is 5.75 Å². The van der Waals surface area contributed by atoms with Gasteiger partial charge in [0.15, 0.2) is 0 Å². The topological polar surface area (TPSA) is 75.7 Å². The smallest absolute Gasteiger partial charge is 0.235 e. The van der Waals surface area contributed by atoms with Crippen LogP contribution in [0.2, 0.25) is 5.02 Å². The number of carbonyl (C=O) groups is 1. The van der Waals surface area contributed by atoms with Crippen LogP contribution in [0.4, 0.5) is 4.39 Å². The quantitative estimate of drug-likeness (QED) is 0.639. The van der Waals surface area contributed by atoms with E-state index in [4.69, 9.17) is 16.3 Å². The molecule has 0 spiro atoms. The predicted octanol–water partition coefficient (Wildman–Crippen LogP) is 2.44. The molecular formula is C18H20ClFN2O4S. The molecule has 0 unspecified atom stereocenters. The molecule has 2 aromatic carbocycles. The van der Waals surface area contributed by atoms with Crippen LogP contribution in [0.15, 0.2) is 48.5 Å². The van der Waals surface area contributed by atoms with E-state index in [0.29, 0.717) is 10.8 Å². The summed E-state index contributed by atoms with van der Waals surface area (Å²) in [6.45, 7) is -0.308. The molecule has 146 valence electrons. The highest BCUT2D eigenvalue weighted by molar-refractivity contribution is 7.88. The van der Waals surface area contributed by atoms with Crippen molar-refractivity contribution in [2.45, 2.75) is 6.54 Å². The Labute approximate surface area is 162 Å². The third-order valence-corrected chi connectivity index (χ3v) is 5.12. The SMILES string of the molecule is CS(=O)(=O)N(CC(=O)NCCOc1ccccc1Cl)Cc1ccccc1F. The van der Waals surface area contributed by atoms with Crippen molar-refractivity contribution in [3.05, 3.63) is 64.9 Å². The van der Waals surface area contributed by atoms with Crippen molar-refractivity contribution in [3.63, 3.8) is 0 Å². The summed E-state index contributed by atoms with van der Waals surface area (Å²) in [6.07, 6.45) is 0.974. The summed E-state index contributed by atoms with van der Waals surface area (Å²) in [6, 6.07) is 12.7. The van der Waals surface area contributed by atoms with E-state index in [1.165, 1.54) is 18.2 Å². The molecule has 0 aliphatic rings. The molecule has 27 heavy (non-hydrogen) atoms. The van der Waals surface area contributed by atoms with Gasteiger partial charge in [0.25, 0.3) is 0 Å². The van der Waals surface area contributed by atoms with Crippen molar-refractivity contribution in [1.82, 2.24) is 9.62 Å². The molecule has 0 radical (unpaired) electrons. The van der Waals surface area contributed by atoms with E-state index in [2.05, 4.69) is 5.32 Å². The molecule has 0 atom stereocenters. The standard InChI is InChI=1S/C18H20ClFN2O4S/c1-27(24,25)22(12-14-6-2-4-8-16(14)20)13-18(23)21-10-11-26-17-9-5-3-7-15(17)19/h2-9H,10-13H2,1H3,(H,21,23). The van der Waals surface area contributed by atoms with E-state index >= 15 is 0 Å². The average Bonchev–Trinajstić information content (AvgIpc) is 2.60. The molecule has 6 nitrogen and oxygen atoms in total. The van der Waals surface area contributed by atoms with E-state index in [1.807, 2.05) is 0 Å². The highest BCUT2D eigenvalue weighted by Gasteiger charge is 2.21. The van der Waals surface area contributed by atoms with Gasteiger partial charge in [0.05, 0.1) is 24.4 Å². The first-order valence-electron chi connectivity index (χ1n) is 8.10. The minimum atomic E-state index is -3.70. The molecule has 1 amide bonds. The minimum absolute atomic E-state index is 0.168. The van der Waals surface area contributed by atoms with Crippen molar-refractivity contribution < 1.29 is 22.3 Å². The average molecular weight is 415 g/mol. The number of carbonyl (C=O) groups excluding carboxylic acids is 1. The summed E-state index contributed by atoms with van der Waals surface area (Å²) in [5.41, 5.74) is 0.192. The maximum atomic E-state index is 13.8. The van der Waals surface area contributed by atoms with Gasteiger partial charge >= 0.3 is 0 Å². The van der Waals surface area contributed by atoms with E-state index in [1.54, 1.807) is 30.3 Å². The van der Waals surface area contributed by atoms with E-state index in [0.717, 1.165) is 10.6 Å². The Kier molecular flexibility index (Phi) is 7.58. The highest BCUT2D eigenvalue weighted by atomic mass is 35.5. The van der Waals surface area contributed by atoms with Gasteiger partial charge in [-0.3, -0.25) is 4.79 Å². The van der Waals surface area contributed by atoms with Gasteiger partial charge in [-0.2, -0.15) is 4.31 Å². The second-order valence-corrected chi connectivity index (χ2v) is 8.14. The van der Waals surface area contributed by atoms with Crippen molar-refractivity contribution >= 4 is 27.5 Å². The number of nitrogens with zero attached hydrogens (tertiary/aromatic N) is 1. The molecular weight excluding hydrogens is 395 g/mol. The Morgan fingerprint density at radius 1 is 1.19 bits per heavy atom. The number of benzene rings is 2. The lowest BCUT2D eigenvalue weighted by Crippen LogP contribution is -2.41. The Bertz CT molecular complexity index is 892. The second kappa shape index (κ2) is 9.68. The predicted molar refractivity (Wildman–Crippen MR) is 102 cm³/mol. The van der Waals surface area contributed by atoms with Crippen LogP contribution >= 0.6 is 11.6 Å². The summed E-state index contributed by atoms with van der Waals surface area (Å²) in [7, 11) is -3.70. The summed E-state index contributed by atoms with van der Waals surface area (Å²) in [5.74, 6) is -0.551. The van der Waals surface area contributed by atoms with Crippen LogP contribution in [-0.4, -0.2) is 44.6 Å². The summed E-state index contributed by atoms with van der Waals surface area (Å²) >= 11 is 5.96. The van der Waals surface area contributed by atoms with Crippen molar-refractivity contribution in [3.8, 4) is 5.75 Å². The normalized spacial score (nSPS) is 11.4. The van der Waals surface area contributed by atoms with Crippen LogP contribution in [0.3, 0.4) is 0 Å². The van der Waals surface area contributed by atoms with Gasteiger partial charge in [-0.25, -0.2) is 12.8 Å². The maximum Gasteiger partial charge on any atom is 0.235 e. The van der Waals surface area contributed by atoms with Gasteiger partial charge in [0.2, 0.25) is 15.9 Å². The first-order chi connectivity index (χ1) is 12.8. The van der Waals surface area contributed by atoms with E-state index in [9.17, 15) is 17.6 Å². The number of rotatable bonds is 9. The van der Waals surface area contributed by atoms with Crippen LogP contribution in [0.1, 0.15) is 5.56 Å². The molecule has 9 heteroatoms. The van der Waals surface area contributed by atoms with Crippen LogP contribution in [-0.2, 0) is 21.4 Å². The zero-order chi connectivity index (χ0) is 19.9. The number of halogens is 2. The lowest BCUT2D eigenvalue weighted by molar-refractivity contribution is -0.121. The molecule has 0 heterocycles. The monoisotopic (exact) mass is 414 g/mol. The molecule has 0 saturated heterocycles. The van der Waals surface area contributed by atoms with Gasteiger partial charge in [0.1, 0.15) is 18.2 Å². The largest absolute Gasteiger partial charge is 0.490 e. The van der Waals surface area contributed by atoms with Crippen molar-refractivity contribution in [2.24, 2.45) is 0 Å². The van der Waals surface area contributed by atoms with Gasteiger partial charge in [-0.1, -0.05) is 41.9 Å². The minimum Gasteiger partial charge on any atom is -0.490 e. The molecule has 2 rings (SSSR count). The molecule has 0 fully saturated rings. The third kappa shape index (κ3) is 6.82. The molecule has 0 saturated carbocycles. The fourth-order valence-electron chi connectivity index (χ4n) is 2.24. The van der Waals surface area contributed by atoms with E-state index in [-0.39, 0.29) is 25.3 Å². The summed E-state index contributed by atoms with van der Waals surface area (Å²) in [5, 5.41) is 3.02. The van der Waals surface area contributed by atoms with Gasteiger partial charge in [-0.05, 0) is 18.2 Å². The van der Waals surface area contributed by atoms with Crippen molar-refractivity contribution in [1.29, 1.82) is 0 Å². The van der Waals surface area contributed by atoms with Crippen LogP contribution in [0.25, 0.3) is 0 Å². The molecule has 0 aliphatic heterocycles. The van der Waals surface area contributed by atoms with Gasteiger partial charge in [0, 0.05) is 12.1 Å². The lowest BCUT2D eigenvalue weighted by atomic mass is 10.2. The Balaban J connectivity index is 1.87. The first-order valence-corrected chi connectivity index (χ1v) is 10.3. The Hall–Kier alpha value is -2.16. The highest BCUT2D eigenvalue weighted by Crippen LogP contribution is 2.22. The Morgan fingerprint density at radius 2 is 1.85 bits per heavy atom. The summed E-state index contributed by atoms with van der Waals surface area (Å²) in [4.78, 5) is 12.1. The number of hydrogen-bond donors (Lipinski definition) is 1. The van der Waals surface area contributed by atoms with Crippen molar-refractivity contribution in [2.75, 3.05) is 26.0 Å². The molecule has 0 aliphatic carbocycles. The van der Waals surface area contributed by atoms with Crippen LogP contribution < -0.4 is 10.1 Å².